The highest BCUT2D eigenvalue weighted by Gasteiger charge is 2.49. The van der Waals surface area contributed by atoms with Crippen molar-refractivity contribution >= 4 is 28.8 Å². The van der Waals surface area contributed by atoms with Gasteiger partial charge in [-0.05, 0) is 38.7 Å². The molecule has 2 fully saturated rings. The molecular formula is C22H31NO7S. The summed E-state index contributed by atoms with van der Waals surface area (Å²) >= 11 is 1.08. The van der Waals surface area contributed by atoms with E-state index in [1.54, 1.807) is 6.92 Å². The molecule has 2 bridgehead atoms. The number of aliphatic hydroxyl groups excluding tert-OH is 1. The molecule has 0 aromatic carbocycles. The third-order valence-corrected chi connectivity index (χ3v) is 6.89. The lowest BCUT2D eigenvalue weighted by molar-refractivity contribution is -0.283. The van der Waals surface area contributed by atoms with Crippen LogP contribution in [0, 0.1) is 5.92 Å². The largest absolute Gasteiger partial charge is 0.459 e. The maximum absolute atomic E-state index is 12.4. The monoisotopic (exact) mass is 453 g/mol. The number of rotatable bonds is 1. The summed E-state index contributed by atoms with van der Waals surface area (Å²) in [4.78, 5) is 36.5. The lowest BCUT2D eigenvalue weighted by Crippen LogP contribution is -2.58. The van der Waals surface area contributed by atoms with Crippen molar-refractivity contribution in [1.82, 2.24) is 5.32 Å². The number of esters is 1. The van der Waals surface area contributed by atoms with Crippen LogP contribution in [0.5, 0.6) is 0 Å². The highest BCUT2D eigenvalue weighted by Crippen LogP contribution is 2.37. The standard InChI is InChI=1S/C22H31NO7S/c1-13-3-5-15(24)6-8-18(25)14(2)4-7-16-10-17(29-20(26)9-13)11-22(28,30-16)19-12-31-21(27)23-19/h6,8-9,14-17,19,24,28H,3-5,7,10-12H2,1-2H3,(H,23,27)/b8-6+,13-9-/t14-,15?,16+,17+,19-,22+/m0/s1. The van der Waals surface area contributed by atoms with E-state index in [0.717, 1.165) is 17.3 Å². The molecule has 3 N–H and O–H groups in total. The molecule has 0 spiro atoms. The van der Waals surface area contributed by atoms with Crippen LogP contribution in [0.1, 0.15) is 52.4 Å². The number of hydrogen-bond donors (Lipinski definition) is 3. The second-order valence-corrected chi connectivity index (χ2v) is 9.71. The van der Waals surface area contributed by atoms with Gasteiger partial charge in [-0.15, -0.1) is 0 Å². The Morgan fingerprint density at radius 2 is 1.97 bits per heavy atom. The molecular weight excluding hydrogens is 422 g/mol. The van der Waals surface area contributed by atoms with Crippen LogP contribution in [-0.4, -0.2) is 63.1 Å². The minimum absolute atomic E-state index is 0.0591. The zero-order chi connectivity index (χ0) is 22.6. The molecule has 1 amide bonds. The summed E-state index contributed by atoms with van der Waals surface area (Å²) in [5.41, 5.74) is 0.752. The average Bonchev–Trinajstić information content (AvgIpc) is 3.14. The Bertz CT molecular complexity index is 767. The first-order chi connectivity index (χ1) is 14.6. The van der Waals surface area contributed by atoms with Gasteiger partial charge >= 0.3 is 5.97 Å². The van der Waals surface area contributed by atoms with Gasteiger partial charge in [0.25, 0.3) is 5.24 Å². The van der Waals surface area contributed by atoms with E-state index in [-0.39, 0.29) is 23.4 Å². The topological polar surface area (TPSA) is 122 Å². The Morgan fingerprint density at radius 3 is 2.68 bits per heavy atom. The number of aliphatic hydroxyl groups is 2. The van der Waals surface area contributed by atoms with Crippen LogP contribution < -0.4 is 5.32 Å². The van der Waals surface area contributed by atoms with Crippen molar-refractivity contribution in [2.75, 3.05) is 5.75 Å². The van der Waals surface area contributed by atoms with E-state index in [9.17, 15) is 24.6 Å². The maximum atomic E-state index is 12.4. The van der Waals surface area contributed by atoms with Gasteiger partial charge in [0.15, 0.2) is 11.6 Å². The molecule has 0 aliphatic carbocycles. The highest BCUT2D eigenvalue weighted by molar-refractivity contribution is 8.14. The zero-order valence-corrected chi connectivity index (χ0v) is 18.7. The van der Waals surface area contributed by atoms with Crippen LogP contribution in [0.25, 0.3) is 0 Å². The quantitative estimate of drug-likeness (QED) is 0.517. The fraction of sp³-hybridized carbons (Fsp3) is 0.682. The molecule has 2 saturated heterocycles. The number of carbonyl (C=O) groups excluding carboxylic acids is 3. The Labute approximate surface area is 186 Å². The average molecular weight is 454 g/mol. The molecule has 31 heavy (non-hydrogen) atoms. The van der Waals surface area contributed by atoms with E-state index in [1.165, 1.54) is 18.2 Å². The molecule has 9 heteroatoms. The number of ether oxygens (including phenoxy) is 2. The molecule has 0 aromatic rings. The first-order valence-electron chi connectivity index (χ1n) is 10.8. The smallest absolute Gasteiger partial charge is 0.330 e. The summed E-state index contributed by atoms with van der Waals surface area (Å²) in [5, 5.41) is 23.8. The number of amides is 1. The number of thioether (sulfide) groups is 1. The summed E-state index contributed by atoms with van der Waals surface area (Å²) in [5.74, 6) is -2.14. The molecule has 8 nitrogen and oxygen atoms in total. The van der Waals surface area contributed by atoms with Gasteiger partial charge in [0.1, 0.15) is 6.10 Å². The number of carbonyl (C=O) groups is 3. The van der Waals surface area contributed by atoms with Crippen molar-refractivity contribution in [2.45, 2.75) is 82.5 Å². The lowest BCUT2D eigenvalue weighted by Gasteiger charge is -2.43. The molecule has 3 aliphatic rings. The van der Waals surface area contributed by atoms with Crippen molar-refractivity contribution in [3.05, 3.63) is 23.8 Å². The highest BCUT2D eigenvalue weighted by atomic mass is 32.2. The molecule has 3 rings (SSSR count). The molecule has 3 aliphatic heterocycles. The van der Waals surface area contributed by atoms with E-state index in [0.29, 0.717) is 37.9 Å². The van der Waals surface area contributed by atoms with E-state index >= 15 is 0 Å². The molecule has 0 saturated carbocycles. The number of allylic oxidation sites excluding steroid dienone is 2. The second-order valence-electron chi connectivity index (χ2n) is 8.72. The Kier molecular flexibility index (Phi) is 7.96. The minimum atomic E-state index is -1.64. The van der Waals surface area contributed by atoms with Gasteiger partial charge in [-0.3, -0.25) is 9.59 Å². The lowest BCUT2D eigenvalue weighted by atomic mass is 9.89. The van der Waals surface area contributed by atoms with E-state index in [2.05, 4.69) is 5.32 Å². The molecule has 3 heterocycles. The summed E-state index contributed by atoms with van der Waals surface area (Å²) in [6.07, 6.45) is 4.88. The molecule has 1 unspecified atom stereocenters. The Morgan fingerprint density at radius 1 is 1.19 bits per heavy atom. The van der Waals surface area contributed by atoms with Gasteiger partial charge in [-0.2, -0.15) is 0 Å². The predicted octanol–water partition coefficient (Wildman–Crippen LogP) is 2.23. The van der Waals surface area contributed by atoms with E-state index in [4.69, 9.17) is 9.47 Å². The fourth-order valence-electron chi connectivity index (χ4n) is 4.10. The van der Waals surface area contributed by atoms with Crippen LogP contribution >= 0.6 is 11.8 Å². The number of ketones is 1. The summed E-state index contributed by atoms with van der Waals surface area (Å²) < 4.78 is 11.6. The van der Waals surface area contributed by atoms with Gasteiger partial charge in [-0.1, -0.05) is 30.3 Å². The SMILES string of the molecule is C/C1=C/C(=O)O[C@@H]2C[C@@H](CC[C@H](C)C(=O)/C=C/C(O)CC1)O[C@@](O)([C@@H]1CSC(=O)N1)C2. The van der Waals surface area contributed by atoms with E-state index in [1.807, 2.05) is 6.92 Å². The third kappa shape index (κ3) is 6.65. The Hall–Kier alpha value is -1.68. The molecule has 0 aromatic heterocycles. The second kappa shape index (κ2) is 10.3. The van der Waals surface area contributed by atoms with Crippen LogP contribution in [0.15, 0.2) is 23.8 Å². The normalized spacial score (nSPS) is 41.1. The van der Waals surface area contributed by atoms with Crippen molar-refractivity contribution in [2.24, 2.45) is 5.92 Å². The number of fused-ring (bicyclic) bond motifs is 2. The van der Waals surface area contributed by atoms with Gasteiger partial charge in [0.2, 0.25) is 0 Å². The predicted molar refractivity (Wildman–Crippen MR) is 115 cm³/mol. The molecule has 172 valence electrons. The van der Waals surface area contributed by atoms with Gasteiger partial charge < -0.3 is 25.0 Å². The third-order valence-electron chi connectivity index (χ3n) is 6.01. The Balaban J connectivity index is 1.80. The summed E-state index contributed by atoms with van der Waals surface area (Å²) in [7, 11) is 0. The van der Waals surface area contributed by atoms with Crippen molar-refractivity contribution in [1.29, 1.82) is 0 Å². The van der Waals surface area contributed by atoms with Crippen molar-refractivity contribution < 1.29 is 34.1 Å². The fourth-order valence-corrected chi connectivity index (χ4v) is 4.99. The van der Waals surface area contributed by atoms with Crippen LogP contribution in [0.2, 0.25) is 0 Å². The van der Waals surface area contributed by atoms with Crippen LogP contribution in [0.4, 0.5) is 4.79 Å². The molecule has 0 radical (unpaired) electrons. The summed E-state index contributed by atoms with van der Waals surface area (Å²) in [6, 6.07) is -0.597. The first-order valence-corrected chi connectivity index (χ1v) is 11.7. The van der Waals surface area contributed by atoms with Crippen LogP contribution in [-0.2, 0) is 19.1 Å². The van der Waals surface area contributed by atoms with Crippen molar-refractivity contribution in [3.8, 4) is 0 Å². The van der Waals surface area contributed by atoms with Gasteiger partial charge in [0.05, 0.1) is 18.2 Å². The number of nitrogens with one attached hydrogen (secondary N) is 1. The number of hydrogen-bond acceptors (Lipinski definition) is 8. The van der Waals surface area contributed by atoms with Gasteiger partial charge in [-0.25, -0.2) is 4.79 Å². The summed E-state index contributed by atoms with van der Waals surface area (Å²) in [6.45, 7) is 3.60. The minimum Gasteiger partial charge on any atom is -0.459 e. The maximum Gasteiger partial charge on any atom is 0.330 e. The zero-order valence-electron chi connectivity index (χ0n) is 17.9. The first kappa shape index (κ1) is 24.0. The van der Waals surface area contributed by atoms with Crippen molar-refractivity contribution in [3.63, 3.8) is 0 Å². The molecule has 6 atom stereocenters. The van der Waals surface area contributed by atoms with E-state index < -0.39 is 36.1 Å². The van der Waals surface area contributed by atoms with Crippen LogP contribution in [0.3, 0.4) is 0 Å². The van der Waals surface area contributed by atoms with Gasteiger partial charge in [0, 0.05) is 30.6 Å².